The fourth-order valence-electron chi connectivity index (χ4n) is 2.92. The van der Waals surface area contributed by atoms with Crippen molar-refractivity contribution < 1.29 is 14.3 Å². The van der Waals surface area contributed by atoms with Crippen LogP contribution in [0.15, 0.2) is 24.3 Å². The Balaban J connectivity index is 1.85. The third-order valence-electron chi connectivity index (χ3n) is 4.18. The van der Waals surface area contributed by atoms with Gasteiger partial charge in [-0.05, 0) is 49.9 Å². The van der Waals surface area contributed by atoms with E-state index in [0.29, 0.717) is 17.8 Å². The van der Waals surface area contributed by atoms with Crippen LogP contribution >= 0.6 is 0 Å². The standard InChI is InChI=1S/C19H29N3O3/c1-3-11-22(12-4-2)18(23)15-7-9-16(10-8-15)21-19(24)20-14-17-6-5-13-25-17/h7-10,17H,3-6,11-14H2,1-2H3,(H2,20,21,24)/t17-/m0/s1. The van der Waals surface area contributed by atoms with Crippen LogP contribution in [0.1, 0.15) is 49.9 Å². The third kappa shape index (κ3) is 6.05. The van der Waals surface area contributed by atoms with E-state index in [4.69, 9.17) is 4.74 Å². The van der Waals surface area contributed by atoms with E-state index in [1.165, 1.54) is 0 Å². The number of rotatable bonds is 8. The van der Waals surface area contributed by atoms with Crippen molar-refractivity contribution in [1.29, 1.82) is 0 Å². The van der Waals surface area contributed by atoms with Gasteiger partial charge in [0, 0.05) is 37.5 Å². The molecule has 0 aliphatic carbocycles. The zero-order chi connectivity index (χ0) is 18.1. The first-order valence-electron chi connectivity index (χ1n) is 9.19. The third-order valence-corrected chi connectivity index (χ3v) is 4.18. The molecule has 1 heterocycles. The number of benzene rings is 1. The summed E-state index contributed by atoms with van der Waals surface area (Å²) in [5.41, 5.74) is 1.31. The summed E-state index contributed by atoms with van der Waals surface area (Å²) in [6.45, 7) is 6.95. The number of nitrogens with zero attached hydrogens (tertiary/aromatic N) is 1. The van der Waals surface area contributed by atoms with Crippen LogP contribution in [0.5, 0.6) is 0 Å². The maximum absolute atomic E-state index is 12.5. The molecular formula is C19H29N3O3. The highest BCUT2D eigenvalue weighted by Crippen LogP contribution is 2.13. The quantitative estimate of drug-likeness (QED) is 0.758. The lowest BCUT2D eigenvalue weighted by atomic mass is 10.1. The first-order chi connectivity index (χ1) is 12.1. The monoisotopic (exact) mass is 347 g/mol. The second kappa shape index (κ2) is 10.0. The van der Waals surface area contributed by atoms with Crippen molar-refractivity contribution in [3.8, 4) is 0 Å². The van der Waals surface area contributed by atoms with Crippen LogP contribution in [0.2, 0.25) is 0 Å². The fourth-order valence-corrected chi connectivity index (χ4v) is 2.92. The van der Waals surface area contributed by atoms with E-state index in [1.54, 1.807) is 24.3 Å². The molecule has 1 aliphatic heterocycles. The predicted molar refractivity (Wildman–Crippen MR) is 98.9 cm³/mol. The van der Waals surface area contributed by atoms with Gasteiger partial charge in [0.2, 0.25) is 0 Å². The van der Waals surface area contributed by atoms with Gasteiger partial charge < -0.3 is 20.3 Å². The van der Waals surface area contributed by atoms with E-state index in [1.807, 2.05) is 4.90 Å². The van der Waals surface area contributed by atoms with Crippen molar-refractivity contribution in [2.24, 2.45) is 0 Å². The number of amides is 3. The van der Waals surface area contributed by atoms with Gasteiger partial charge in [-0.1, -0.05) is 13.8 Å². The minimum atomic E-state index is -0.256. The SMILES string of the molecule is CCCN(CCC)C(=O)c1ccc(NC(=O)NC[C@@H]2CCCO2)cc1. The molecule has 2 N–H and O–H groups in total. The van der Waals surface area contributed by atoms with Gasteiger partial charge in [0.25, 0.3) is 5.91 Å². The molecule has 2 rings (SSSR count). The van der Waals surface area contributed by atoms with E-state index < -0.39 is 0 Å². The molecule has 1 atom stereocenters. The Labute approximate surface area is 149 Å². The molecule has 25 heavy (non-hydrogen) atoms. The zero-order valence-electron chi connectivity index (χ0n) is 15.2. The fraction of sp³-hybridized carbons (Fsp3) is 0.579. The van der Waals surface area contributed by atoms with Crippen LogP contribution in [0, 0.1) is 0 Å². The first-order valence-corrected chi connectivity index (χ1v) is 9.19. The van der Waals surface area contributed by atoms with E-state index in [-0.39, 0.29) is 18.0 Å². The van der Waals surface area contributed by atoms with Gasteiger partial charge in [-0.3, -0.25) is 4.79 Å². The number of hydrogen-bond acceptors (Lipinski definition) is 3. The van der Waals surface area contributed by atoms with E-state index in [2.05, 4.69) is 24.5 Å². The van der Waals surface area contributed by atoms with Crippen molar-refractivity contribution in [3.63, 3.8) is 0 Å². The van der Waals surface area contributed by atoms with Crippen molar-refractivity contribution in [3.05, 3.63) is 29.8 Å². The second-order valence-electron chi connectivity index (χ2n) is 6.34. The molecule has 1 saturated heterocycles. The Bertz CT molecular complexity index is 548. The highest BCUT2D eigenvalue weighted by molar-refractivity contribution is 5.95. The molecule has 0 unspecified atom stereocenters. The van der Waals surface area contributed by atoms with Gasteiger partial charge in [0.15, 0.2) is 0 Å². The molecule has 1 fully saturated rings. The number of carbonyl (C=O) groups is 2. The Hall–Kier alpha value is -2.08. The molecule has 1 aliphatic rings. The van der Waals surface area contributed by atoms with Crippen LogP contribution in [-0.2, 0) is 4.74 Å². The van der Waals surface area contributed by atoms with Crippen molar-refractivity contribution >= 4 is 17.6 Å². The van der Waals surface area contributed by atoms with Crippen LogP contribution in [0.3, 0.4) is 0 Å². The highest BCUT2D eigenvalue weighted by atomic mass is 16.5. The van der Waals surface area contributed by atoms with Crippen LogP contribution in [0.25, 0.3) is 0 Å². The number of hydrogen-bond donors (Lipinski definition) is 2. The van der Waals surface area contributed by atoms with Gasteiger partial charge in [-0.25, -0.2) is 4.79 Å². The van der Waals surface area contributed by atoms with Crippen LogP contribution in [-0.4, -0.2) is 49.2 Å². The van der Waals surface area contributed by atoms with Gasteiger partial charge >= 0.3 is 6.03 Å². The minimum absolute atomic E-state index is 0.0399. The van der Waals surface area contributed by atoms with E-state index in [0.717, 1.165) is 45.4 Å². The molecular weight excluding hydrogens is 318 g/mol. The smallest absolute Gasteiger partial charge is 0.319 e. The van der Waals surface area contributed by atoms with Gasteiger partial charge in [0.05, 0.1) is 6.10 Å². The first kappa shape index (κ1) is 19.2. The highest BCUT2D eigenvalue weighted by Gasteiger charge is 2.16. The number of carbonyl (C=O) groups excluding carboxylic acids is 2. The molecule has 0 aromatic heterocycles. The number of urea groups is 1. The largest absolute Gasteiger partial charge is 0.376 e. The molecule has 0 radical (unpaired) electrons. The van der Waals surface area contributed by atoms with E-state index in [9.17, 15) is 9.59 Å². The lowest BCUT2D eigenvalue weighted by Gasteiger charge is -2.21. The average Bonchev–Trinajstić information content (AvgIpc) is 3.13. The lowest BCUT2D eigenvalue weighted by Crippen LogP contribution is -2.35. The number of ether oxygens (including phenoxy) is 1. The molecule has 0 bridgehead atoms. The van der Waals surface area contributed by atoms with Gasteiger partial charge in [-0.2, -0.15) is 0 Å². The Morgan fingerprint density at radius 2 is 1.84 bits per heavy atom. The van der Waals surface area contributed by atoms with Gasteiger partial charge in [-0.15, -0.1) is 0 Å². The summed E-state index contributed by atoms with van der Waals surface area (Å²) in [4.78, 5) is 26.3. The van der Waals surface area contributed by atoms with Crippen molar-refractivity contribution in [2.45, 2.75) is 45.6 Å². The minimum Gasteiger partial charge on any atom is -0.376 e. The second-order valence-corrected chi connectivity index (χ2v) is 6.34. The predicted octanol–water partition coefficient (Wildman–Crippen LogP) is 3.25. The summed E-state index contributed by atoms with van der Waals surface area (Å²) < 4.78 is 5.47. The summed E-state index contributed by atoms with van der Waals surface area (Å²) in [5, 5.41) is 5.59. The Morgan fingerprint density at radius 3 is 2.40 bits per heavy atom. The zero-order valence-corrected chi connectivity index (χ0v) is 15.2. The summed E-state index contributed by atoms with van der Waals surface area (Å²) in [7, 11) is 0. The Kier molecular flexibility index (Phi) is 7.73. The lowest BCUT2D eigenvalue weighted by molar-refractivity contribution is 0.0755. The molecule has 0 saturated carbocycles. The molecule has 0 spiro atoms. The maximum atomic E-state index is 12.5. The molecule has 6 nitrogen and oxygen atoms in total. The van der Waals surface area contributed by atoms with Gasteiger partial charge in [0.1, 0.15) is 0 Å². The van der Waals surface area contributed by atoms with Crippen molar-refractivity contribution in [1.82, 2.24) is 10.2 Å². The molecule has 6 heteroatoms. The number of nitrogens with one attached hydrogen (secondary N) is 2. The Morgan fingerprint density at radius 1 is 1.16 bits per heavy atom. The van der Waals surface area contributed by atoms with Crippen LogP contribution < -0.4 is 10.6 Å². The normalized spacial score (nSPS) is 16.5. The molecule has 138 valence electrons. The topological polar surface area (TPSA) is 70.7 Å². The summed E-state index contributed by atoms with van der Waals surface area (Å²) in [6.07, 6.45) is 4.04. The van der Waals surface area contributed by atoms with Crippen molar-refractivity contribution in [2.75, 3.05) is 31.6 Å². The summed E-state index contributed by atoms with van der Waals surface area (Å²) in [5.74, 6) is 0.0399. The molecule has 1 aromatic carbocycles. The van der Waals surface area contributed by atoms with Crippen LogP contribution in [0.4, 0.5) is 10.5 Å². The van der Waals surface area contributed by atoms with E-state index >= 15 is 0 Å². The average molecular weight is 347 g/mol. The molecule has 1 aromatic rings. The maximum Gasteiger partial charge on any atom is 0.319 e. The summed E-state index contributed by atoms with van der Waals surface area (Å²) in [6, 6.07) is 6.78. The summed E-state index contributed by atoms with van der Waals surface area (Å²) >= 11 is 0. The number of anilines is 1. The molecule has 3 amide bonds.